The van der Waals surface area contributed by atoms with Crippen molar-refractivity contribution in [1.29, 1.82) is 0 Å². The van der Waals surface area contributed by atoms with Crippen molar-refractivity contribution >= 4 is 11.7 Å². The van der Waals surface area contributed by atoms with Gasteiger partial charge in [-0.3, -0.25) is 9.59 Å². The number of furan rings is 1. The molecule has 0 saturated heterocycles. The number of carbonyl (C=O) groups excluding carboxylic acids is 2. The Bertz CT molecular complexity index is 1040. The Kier molecular flexibility index (Phi) is 6.62. The van der Waals surface area contributed by atoms with E-state index in [-0.39, 0.29) is 18.3 Å². The van der Waals surface area contributed by atoms with E-state index in [2.05, 4.69) is 6.08 Å². The first-order valence-corrected chi connectivity index (χ1v) is 10.5. The molecule has 1 aromatic heterocycles. The Morgan fingerprint density at radius 3 is 2.35 bits per heavy atom. The molecule has 5 nitrogen and oxygen atoms in total. The number of ketones is 1. The molecule has 0 radical (unpaired) electrons. The first kappa shape index (κ1) is 20.7. The zero-order chi connectivity index (χ0) is 21.5. The maximum absolute atomic E-state index is 13.0. The van der Waals surface area contributed by atoms with Crippen molar-refractivity contribution in [2.24, 2.45) is 0 Å². The molecule has 1 aliphatic rings. The van der Waals surface area contributed by atoms with Gasteiger partial charge < -0.3 is 14.1 Å². The Morgan fingerprint density at radius 1 is 0.903 bits per heavy atom. The average molecular weight is 415 g/mol. The summed E-state index contributed by atoms with van der Waals surface area (Å²) in [5.41, 5.74) is 2.25. The fourth-order valence-corrected chi connectivity index (χ4v) is 3.66. The number of hydrogen-bond donors (Lipinski definition) is 0. The molecule has 0 N–H and O–H groups in total. The number of amides is 1. The van der Waals surface area contributed by atoms with Gasteiger partial charge in [-0.15, -0.1) is 0 Å². The predicted octanol–water partition coefficient (Wildman–Crippen LogP) is 5.38. The van der Waals surface area contributed by atoms with Crippen LogP contribution in [0.15, 0.2) is 89.2 Å². The van der Waals surface area contributed by atoms with Gasteiger partial charge in [-0.25, -0.2) is 0 Å². The maximum Gasteiger partial charge on any atom is 0.265 e. The highest BCUT2D eigenvalue weighted by Gasteiger charge is 2.21. The van der Waals surface area contributed by atoms with Gasteiger partial charge in [-0.05, 0) is 62.1 Å². The first-order chi connectivity index (χ1) is 15.2. The molecule has 5 heteroatoms. The minimum absolute atomic E-state index is 0.0444. The van der Waals surface area contributed by atoms with Gasteiger partial charge in [0.05, 0.1) is 12.8 Å². The van der Waals surface area contributed by atoms with Crippen molar-refractivity contribution in [3.63, 3.8) is 0 Å². The van der Waals surface area contributed by atoms with Gasteiger partial charge in [0.15, 0.2) is 12.4 Å². The highest BCUT2D eigenvalue weighted by Crippen LogP contribution is 2.24. The number of benzene rings is 2. The Labute approximate surface area is 181 Å². The second-order valence-corrected chi connectivity index (χ2v) is 7.51. The summed E-state index contributed by atoms with van der Waals surface area (Å²) in [4.78, 5) is 27.2. The minimum atomic E-state index is -0.117. The van der Waals surface area contributed by atoms with E-state index in [1.54, 1.807) is 47.6 Å². The summed E-state index contributed by atoms with van der Waals surface area (Å²) >= 11 is 0. The van der Waals surface area contributed by atoms with E-state index >= 15 is 0 Å². The van der Waals surface area contributed by atoms with Crippen LogP contribution in [-0.2, 0) is 11.3 Å². The Balaban J connectivity index is 1.40. The summed E-state index contributed by atoms with van der Waals surface area (Å²) in [5.74, 6) is 1.13. The van der Waals surface area contributed by atoms with Crippen molar-refractivity contribution in [2.75, 3.05) is 6.61 Å². The van der Waals surface area contributed by atoms with Crippen molar-refractivity contribution in [3.05, 3.63) is 102 Å². The fourth-order valence-electron chi connectivity index (χ4n) is 3.66. The highest BCUT2D eigenvalue weighted by atomic mass is 16.5. The molecule has 1 heterocycles. The minimum Gasteiger partial charge on any atom is -0.484 e. The second kappa shape index (κ2) is 9.94. The maximum atomic E-state index is 13.0. The molecule has 1 amide bonds. The van der Waals surface area contributed by atoms with E-state index in [0.29, 0.717) is 23.4 Å². The zero-order valence-electron chi connectivity index (χ0n) is 17.3. The Hall–Kier alpha value is -3.60. The molecule has 31 heavy (non-hydrogen) atoms. The summed E-state index contributed by atoms with van der Waals surface area (Å²) in [5, 5.41) is 0. The number of nitrogens with zero attached hydrogens (tertiary/aromatic N) is 1. The SMILES string of the molecule is O=C(c1ccccc1)c1ccc(OCC(=O)N(Cc2ccco2)C2=CCCCC2)cc1. The van der Waals surface area contributed by atoms with Crippen LogP contribution < -0.4 is 4.74 Å². The molecule has 158 valence electrons. The van der Waals surface area contributed by atoms with E-state index in [0.717, 1.165) is 37.1 Å². The number of hydrogen-bond acceptors (Lipinski definition) is 4. The number of allylic oxidation sites excluding steroid dienone is 2. The van der Waals surface area contributed by atoms with Gasteiger partial charge >= 0.3 is 0 Å². The summed E-state index contributed by atoms with van der Waals surface area (Å²) in [6.45, 7) is 0.315. The molecule has 0 bridgehead atoms. The Morgan fingerprint density at radius 2 is 1.68 bits per heavy atom. The van der Waals surface area contributed by atoms with Gasteiger partial charge in [-0.1, -0.05) is 36.4 Å². The third-order valence-corrected chi connectivity index (χ3v) is 5.32. The molecule has 3 aromatic rings. The lowest BCUT2D eigenvalue weighted by molar-refractivity contribution is -0.132. The average Bonchev–Trinajstić information content (AvgIpc) is 3.35. The molecular formula is C26H25NO4. The molecule has 2 aromatic carbocycles. The van der Waals surface area contributed by atoms with Crippen LogP contribution >= 0.6 is 0 Å². The molecule has 0 saturated carbocycles. The summed E-state index contributed by atoms with van der Waals surface area (Å²) in [7, 11) is 0. The number of carbonyl (C=O) groups is 2. The third-order valence-electron chi connectivity index (χ3n) is 5.32. The fraction of sp³-hybridized carbons (Fsp3) is 0.231. The van der Waals surface area contributed by atoms with Crippen LogP contribution in [0.4, 0.5) is 0 Å². The van der Waals surface area contributed by atoms with Crippen LogP contribution in [0.25, 0.3) is 0 Å². The van der Waals surface area contributed by atoms with E-state index in [9.17, 15) is 9.59 Å². The largest absolute Gasteiger partial charge is 0.484 e. The lowest BCUT2D eigenvalue weighted by Gasteiger charge is -2.27. The van der Waals surface area contributed by atoms with Crippen molar-refractivity contribution in [1.82, 2.24) is 4.90 Å². The number of ether oxygens (including phenoxy) is 1. The second-order valence-electron chi connectivity index (χ2n) is 7.51. The normalized spacial score (nSPS) is 13.4. The summed E-state index contributed by atoms with van der Waals surface area (Å²) in [6, 6.07) is 19.7. The van der Waals surface area contributed by atoms with Gasteiger partial charge in [-0.2, -0.15) is 0 Å². The standard InChI is InChI=1S/C26H25NO4/c28-25(27(18-24-12-7-17-30-24)22-10-5-2-6-11-22)19-31-23-15-13-21(14-16-23)26(29)20-8-3-1-4-9-20/h1,3-4,7-10,12-17H,2,5-6,11,18-19H2. The van der Waals surface area contributed by atoms with Crippen molar-refractivity contribution in [3.8, 4) is 5.75 Å². The van der Waals surface area contributed by atoms with E-state index in [1.165, 1.54) is 0 Å². The van der Waals surface area contributed by atoms with E-state index in [4.69, 9.17) is 9.15 Å². The van der Waals surface area contributed by atoms with Crippen LogP contribution in [0.3, 0.4) is 0 Å². The molecule has 4 rings (SSSR count). The lowest BCUT2D eigenvalue weighted by atomic mass is 10.0. The van der Waals surface area contributed by atoms with Gasteiger partial charge in [0.1, 0.15) is 11.5 Å². The molecule has 0 spiro atoms. The zero-order valence-corrected chi connectivity index (χ0v) is 17.3. The van der Waals surface area contributed by atoms with Crippen LogP contribution in [-0.4, -0.2) is 23.2 Å². The molecule has 0 fully saturated rings. The predicted molar refractivity (Wildman–Crippen MR) is 118 cm³/mol. The van der Waals surface area contributed by atoms with E-state index < -0.39 is 0 Å². The van der Waals surface area contributed by atoms with Gasteiger partial charge in [0.25, 0.3) is 5.91 Å². The van der Waals surface area contributed by atoms with Gasteiger partial charge in [0, 0.05) is 16.8 Å². The summed E-state index contributed by atoms with van der Waals surface area (Å²) < 4.78 is 11.2. The third kappa shape index (κ3) is 5.31. The molecule has 0 unspecified atom stereocenters. The molecule has 1 aliphatic carbocycles. The molecule has 0 aliphatic heterocycles. The van der Waals surface area contributed by atoms with Crippen LogP contribution in [0.5, 0.6) is 5.75 Å². The summed E-state index contributed by atoms with van der Waals surface area (Å²) in [6.07, 6.45) is 7.83. The first-order valence-electron chi connectivity index (χ1n) is 10.5. The van der Waals surface area contributed by atoms with E-state index in [1.807, 2.05) is 30.3 Å². The lowest BCUT2D eigenvalue weighted by Crippen LogP contribution is -2.34. The van der Waals surface area contributed by atoms with Crippen molar-refractivity contribution in [2.45, 2.75) is 32.2 Å². The van der Waals surface area contributed by atoms with Crippen LogP contribution in [0, 0.1) is 0 Å². The molecular weight excluding hydrogens is 390 g/mol. The smallest absolute Gasteiger partial charge is 0.265 e. The van der Waals surface area contributed by atoms with Gasteiger partial charge in [0.2, 0.25) is 0 Å². The van der Waals surface area contributed by atoms with Crippen LogP contribution in [0.1, 0.15) is 47.4 Å². The number of rotatable bonds is 8. The quantitative estimate of drug-likeness (QED) is 0.464. The van der Waals surface area contributed by atoms with Crippen LogP contribution in [0.2, 0.25) is 0 Å². The highest BCUT2D eigenvalue weighted by molar-refractivity contribution is 6.08. The monoisotopic (exact) mass is 415 g/mol. The topological polar surface area (TPSA) is 59.8 Å². The molecule has 0 atom stereocenters. The van der Waals surface area contributed by atoms with Crippen molar-refractivity contribution < 1.29 is 18.7 Å².